The minimum Gasteiger partial charge on any atom is -0.481 e. The first-order valence-corrected chi connectivity index (χ1v) is 16.0. The monoisotopic (exact) mass is 620 g/mol. The van der Waals surface area contributed by atoms with Gasteiger partial charge in [-0.3, -0.25) is 9.59 Å². The number of carboxylic acids is 3. The highest BCUT2D eigenvalue weighted by Crippen LogP contribution is 2.75. The number of hydrogen-bond acceptors (Lipinski definition) is 7. The molecule has 248 valence electrons. The van der Waals surface area contributed by atoms with Gasteiger partial charge in [0.1, 0.15) is 0 Å². The second-order valence-electron chi connectivity index (χ2n) is 16.5. The summed E-state index contributed by atoms with van der Waals surface area (Å²) in [4.78, 5) is 46.0. The van der Waals surface area contributed by atoms with Crippen LogP contribution in [0.15, 0.2) is 11.6 Å². The molecule has 11 atom stereocenters. The zero-order valence-corrected chi connectivity index (χ0v) is 27.2. The number of carbonyl (C=O) groups excluding carboxylic acids is 1. The Hall–Kier alpha value is -2.30. The lowest BCUT2D eigenvalue weighted by atomic mass is 9.33. The van der Waals surface area contributed by atoms with Gasteiger partial charge < -0.3 is 30.6 Å². The molecule has 0 radical (unpaired) electrons. The zero-order chi connectivity index (χ0) is 33.4. The summed E-state index contributed by atoms with van der Waals surface area (Å²) < 4.78 is 0. The van der Waals surface area contributed by atoms with Gasteiger partial charge in [0.25, 0.3) is 0 Å². The first-order chi connectivity index (χ1) is 20.0. The Morgan fingerprint density at radius 2 is 1.34 bits per heavy atom. The maximum Gasteiger partial charge on any atom is 0.335 e. The van der Waals surface area contributed by atoms with Gasteiger partial charge in [0, 0.05) is 5.92 Å². The molecule has 10 heteroatoms. The van der Waals surface area contributed by atoms with E-state index in [9.17, 15) is 29.4 Å². The molecule has 0 aromatic rings. The Morgan fingerprint density at radius 3 is 1.86 bits per heavy atom. The minimum atomic E-state index is -2.27. The molecule has 6 N–H and O–H groups in total. The molecule has 10 nitrogen and oxygen atoms in total. The number of aliphatic carboxylic acids is 3. The summed E-state index contributed by atoms with van der Waals surface area (Å²) in [6.45, 7) is 15.8. The number of carbonyl (C=O) groups is 4. The molecule has 44 heavy (non-hydrogen) atoms. The van der Waals surface area contributed by atoms with Crippen molar-refractivity contribution in [3.05, 3.63) is 11.6 Å². The zero-order valence-electron chi connectivity index (χ0n) is 27.2. The number of hydrogen-bond donors (Lipinski definition) is 6. The molecule has 5 aliphatic carbocycles. The summed E-state index contributed by atoms with van der Waals surface area (Å²) in [5, 5.41) is 53.4. The van der Waals surface area contributed by atoms with E-state index in [1.54, 1.807) is 0 Å². The van der Waals surface area contributed by atoms with Crippen LogP contribution in [-0.4, -0.2) is 72.6 Å². The lowest BCUT2D eigenvalue weighted by Crippen LogP contribution is -2.66. The van der Waals surface area contributed by atoms with Crippen molar-refractivity contribution in [3.63, 3.8) is 0 Å². The van der Waals surface area contributed by atoms with E-state index in [0.717, 1.165) is 51.4 Å². The smallest absolute Gasteiger partial charge is 0.335 e. The van der Waals surface area contributed by atoms with E-state index in [2.05, 4.69) is 41.5 Å². The van der Waals surface area contributed by atoms with Crippen molar-refractivity contribution in [2.24, 2.45) is 50.2 Å². The third-order valence-corrected chi connectivity index (χ3v) is 13.9. The number of aliphatic hydroxyl groups excluding tert-OH is 3. The van der Waals surface area contributed by atoms with Crippen LogP contribution in [0.3, 0.4) is 0 Å². The van der Waals surface area contributed by atoms with Crippen LogP contribution in [0.4, 0.5) is 0 Å². The molecule has 5 rings (SSSR count). The van der Waals surface area contributed by atoms with Gasteiger partial charge in [-0.15, -0.1) is 0 Å². The summed E-state index contributed by atoms with van der Waals surface area (Å²) in [6.07, 6.45) is 5.42. The van der Waals surface area contributed by atoms with E-state index >= 15 is 0 Å². The fourth-order valence-electron chi connectivity index (χ4n) is 10.6. The Morgan fingerprint density at radius 1 is 0.795 bits per heavy atom. The lowest BCUT2D eigenvalue weighted by molar-refractivity contribution is -0.202. The van der Waals surface area contributed by atoms with Gasteiger partial charge in [0.05, 0.1) is 11.5 Å². The molecule has 0 aromatic heterocycles. The summed E-state index contributed by atoms with van der Waals surface area (Å²) in [5.74, 6) is -3.48. The van der Waals surface area contributed by atoms with E-state index in [-0.39, 0.29) is 50.8 Å². The molecule has 4 saturated carbocycles. The van der Waals surface area contributed by atoms with Crippen LogP contribution < -0.4 is 0 Å². The van der Waals surface area contributed by atoms with E-state index in [4.69, 9.17) is 20.4 Å². The van der Waals surface area contributed by atoms with Gasteiger partial charge in [-0.05, 0) is 110 Å². The van der Waals surface area contributed by atoms with Crippen LogP contribution in [0.1, 0.15) is 106 Å². The maximum absolute atomic E-state index is 14.2. The molecular formula is C34H52O10. The number of allylic oxidation sites excluding steroid dienone is 2. The highest BCUT2D eigenvalue weighted by molar-refractivity contribution is 5.95. The van der Waals surface area contributed by atoms with Crippen molar-refractivity contribution in [2.75, 3.05) is 0 Å². The second-order valence-corrected chi connectivity index (χ2v) is 16.5. The van der Waals surface area contributed by atoms with Gasteiger partial charge in [-0.2, -0.15) is 0 Å². The Labute approximate surface area is 259 Å². The Bertz CT molecular complexity index is 1240. The van der Waals surface area contributed by atoms with Crippen molar-refractivity contribution in [2.45, 2.75) is 125 Å². The number of ketones is 1. The third kappa shape index (κ3) is 4.94. The SMILES string of the molecule is CC1(C)[C@@H](O)CC[C@]2(C)[C@H]3C(=O)C=C4[C@@H]5C[C@@](C)(C(=O)O)CC[C@]5(C)CC[C@@]4(C)[C@]3(C)CC[C@@H]12.O=C(O)C(O)C(O)C(=O)O. The standard InChI is InChI=1S/C30H46O4.C4H6O6/c1-25(2)21-8-11-30(7)23(28(21,5)10-9-22(25)32)20(31)16-18-19-17-27(4,24(33)34)13-12-26(19,3)14-15-29(18,30)6;5-1(3(7)8)2(6)4(9)10/h16,19,21-23,32H,8-15,17H2,1-7H3,(H,33,34);1-2,5-6H,(H,7,8)(H,9,10)/t19-,21-,22-,23+,26+,27-,28-,29+,30+;/m0./s1. The largest absolute Gasteiger partial charge is 0.481 e. The van der Waals surface area contributed by atoms with Crippen molar-refractivity contribution in [1.29, 1.82) is 0 Å². The summed E-state index contributed by atoms with van der Waals surface area (Å²) in [6, 6.07) is 0. The molecule has 0 amide bonds. The predicted molar refractivity (Wildman–Crippen MR) is 160 cm³/mol. The molecule has 0 aromatic carbocycles. The molecule has 0 spiro atoms. The maximum atomic E-state index is 14.2. The van der Waals surface area contributed by atoms with Gasteiger partial charge in [-0.1, -0.05) is 47.1 Å². The fraction of sp³-hybridized carbons (Fsp3) is 0.824. The average molecular weight is 621 g/mol. The lowest BCUT2D eigenvalue weighted by Gasteiger charge is -2.70. The van der Waals surface area contributed by atoms with Gasteiger partial charge in [0.15, 0.2) is 18.0 Å². The minimum absolute atomic E-state index is 0.0296. The van der Waals surface area contributed by atoms with E-state index in [1.165, 1.54) is 5.57 Å². The average Bonchev–Trinajstić information content (AvgIpc) is 2.92. The van der Waals surface area contributed by atoms with Crippen LogP contribution >= 0.6 is 0 Å². The normalized spacial score (nSPS) is 45.4. The van der Waals surface area contributed by atoms with E-state index in [0.29, 0.717) is 12.3 Å². The first-order valence-electron chi connectivity index (χ1n) is 16.0. The number of fused-ring (bicyclic) bond motifs is 7. The predicted octanol–water partition coefficient (Wildman–Crippen LogP) is 4.29. The topological polar surface area (TPSA) is 190 Å². The first kappa shape index (κ1) is 34.6. The highest BCUT2D eigenvalue weighted by Gasteiger charge is 2.70. The number of rotatable bonds is 4. The molecule has 0 heterocycles. The van der Waals surface area contributed by atoms with E-state index in [1.807, 2.05) is 13.0 Å². The van der Waals surface area contributed by atoms with Crippen molar-refractivity contribution in [1.82, 2.24) is 0 Å². The Balaban J connectivity index is 0.000000382. The molecule has 4 fully saturated rings. The summed E-state index contributed by atoms with van der Waals surface area (Å²) in [5.41, 5.74) is 0.142. The molecular weight excluding hydrogens is 568 g/mol. The van der Waals surface area contributed by atoms with Crippen molar-refractivity contribution < 1.29 is 49.8 Å². The van der Waals surface area contributed by atoms with Crippen LogP contribution in [0.5, 0.6) is 0 Å². The van der Waals surface area contributed by atoms with Gasteiger partial charge in [0.2, 0.25) is 0 Å². The summed E-state index contributed by atoms with van der Waals surface area (Å²) >= 11 is 0. The quantitative estimate of drug-likeness (QED) is 0.264. The third-order valence-electron chi connectivity index (χ3n) is 13.9. The molecule has 5 aliphatic rings. The van der Waals surface area contributed by atoms with Crippen molar-refractivity contribution >= 4 is 23.7 Å². The van der Waals surface area contributed by atoms with Gasteiger partial charge >= 0.3 is 17.9 Å². The molecule has 0 saturated heterocycles. The number of carboxylic acid groups (broad SMARTS) is 3. The molecule has 0 bridgehead atoms. The second kappa shape index (κ2) is 10.9. The number of aliphatic hydroxyl groups is 3. The van der Waals surface area contributed by atoms with Crippen LogP contribution in [0, 0.1) is 50.2 Å². The summed E-state index contributed by atoms with van der Waals surface area (Å²) in [7, 11) is 0. The highest BCUT2D eigenvalue weighted by atomic mass is 16.4. The molecule has 0 aliphatic heterocycles. The fourth-order valence-corrected chi connectivity index (χ4v) is 10.6. The van der Waals surface area contributed by atoms with Crippen LogP contribution in [0.25, 0.3) is 0 Å². The van der Waals surface area contributed by atoms with Crippen LogP contribution in [-0.2, 0) is 19.2 Å². The Kier molecular flexibility index (Phi) is 8.57. The van der Waals surface area contributed by atoms with Crippen molar-refractivity contribution in [3.8, 4) is 0 Å². The molecule has 2 unspecified atom stereocenters. The van der Waals surface area contributed by atoms with Gasteiger partial charge in [-0.25, -0.2) is 9.59 Å². The van der Waals surface area contributed by atoms with E-state index < -0.39 is 35.5 Å². The van der Waals surface area contributed by atoms with Crippen LogP contribution in [0.2, 0.25) is 0 Å².